The number of rotatable bonds is 14. The van der Waals surface area contributed by atoms with E-state index in [9.17, 15) is 0 Å². The lowest BCUT2D eigenvalue weighted by Crippen LogP contribution is -2.40. The minimum absolute atomic E-state index is 0.167. The van der Waals surface area contributed by atoms with Crippen molar-refractivity contribution in [3.63, 3.8) is 0 Å². The lowest BCUT2D eigenvalue weighted by molar-refractivity contribution is 0.0512. The molecule has 1 aliphatic heterocycles. The zero-order valence-corrected chi connectivity index (χ0v) is 28.1. The molecule has 39 heavy (non-hydrogen) atoms. The van der Waals surface area contributed by atoms with E-state index in [-0.39, 0.29) is 17.6 Å². The molecule has 0 spiro atoms. The van der Waals surface area contributed by atoms with E-state index >= 15 is 0 Å². The zero-order chi connectivity index (χ0) is 28.7. The maximum absolute atomic E-state index is 7.26. The van der Waals surface area contributed by atoms with Crippen molar-refractivity contribution in [3.8, 4) is 0 Å². The van der Waals surface area contributed by atoms with Gasteiger partial charge in [0.25, 0.3) is 0 Å². The first kappa shape index (κ1) is 32.1. The Balaban J connectivity index is 2.21. The minimum Gasteiger partial charge on any atom is -0.422 e. The van der Waals surface area contributed by atoms with Crippen LogP contribution in [0.1, 0.15) is 91.7 Å². The van der Waals surface area contributed by atoms with E-state index in [1.54, 1.807) is 0 Å². The third kappa shape index (κ3) is 7.44. The Hall–Kier alpha value is -1.46. The predicted molar refractivity (Wildman–Crippen MR) is 167 cm³/mol. The number of hydrogen-bond acceptors (Lipinski definition) is 6. The van der Waals surface area contributed by atoms with Crippen molar-refractivity contribution in [3.05, 3.63) is 47.5 Å². The zero-order valence-electron chi connectivity index (χ0n) is 26.1. The Morgan fingerprint density at radius 3 is 1.82 bits per heavy atom. The number of morpholine rings is 1. The van der Waals surface area contributed by atoms with E-state index in [0.29, 0.717) is 19.1 Å². The monoisotopic (exact) mass is 574 g/mol. The van der Waals surface area contributed by atoms with E-state index in [2.05, 4.69) is 97.5 Å². The van der Waals surface area contributed by atoms with Crippen molar-refractivity contribution < 1.29 is 18.0 Å². The summed E-state index contributed by atoms with van der Waals surface area (Å²) >= 11 is 0. The maximum atomic E-state index is 7.26. The number of aromatic nitrogens is 1. The average Bonchev–Trinajstić information content (AvgIpc) is 3.40. The number of ether oxygens (including phenoxy) is 1. The summed E-state index contributed by atoms with van der Waals surface area (Å²) in [6.07, 6.45) is -0.501. The predicted octanol–water partition coefficient (Wildman–Crippen LogP) is 8.73. The highest BCUT2D eigenvalue weighted by Gasteiger charge is 2.43. The fraction of sp³-hybridized carbons (Fsp3) is 0.710. The molecule has 0 bridgehead atoms. The molecule has 220 valence electrons. The summed E-state index contributed by atoms with van der Waals surface area (Å²) in [6, 6.07) is 17.1. The summed E-state index contributed by atoms with van der Waals surface area (Å²) in [5.74, 6) is 1.51. The normalized spacial score (nSPS) is 16.9. The molecular weight excluding hydrogens is 521 g/mol. The first-order valence-corrected chi connectivity index (χ1v) is 20.4. The summed E-state index contributed by atoms with van der Waals surface area (Å²) in [5, 5.41) is 0. The third-order valence-corrected chi connectivity index (χ3v) is 18.1. The van der Waals surface area contributed by atoms with Crippen molar-refractivity contribution in [2.75, 3.05) is 31.2 Å². The van der Waals surface area contributed by atoms with Crippen LogP contribution in [0.3, 0.4) is 0 Å². The third-order valence-electron chi connectivity index (χ3n) is 8.91. The van der Waals surface area contributed by atoms with Crippen LogP contribution in [0.15, 0.2) is 34.7 Å². The molecule has 2 heterocycles. The molecule has 1 aromatic heterocycles. The molecule has 0 saturated carbocycles. The van der Waals surface area contributed by atoms with Gasteiger partial charge < -0.3 is 22.9 Å². The lowest BCUT2D eigenvalue weighted by atomic mass is 9.89. The first-order chi connectivity index (χ1) is 18.6. The summed E-state index contributed by atoms with van der Waals surface area (Å²) in [7, 11) is -3.90. The van der Waals surface area contributed by atoms with E-state index in [1.807, 2.05) is 0 Å². The van der Waals surface area contributed by atoms with Gasteiger partial charge in [0, 0.05) is 13.1 Å². The van der Waals surface area contributed by atoms with Gasteiger partial charge in [-0.2, -0.15) is 0 Å². The quantitative estimate of drug-likeness (QED) is 0.210. The lowest BCUT2D eigenvalue weighted by Gasteiger charge is -2.38. The number of hydrogen-bond donors (Lipinski definition) is 0. The van der Waals surface area contributed by atoms with Gasteiger partial charge in [0.2, 0.25) is 11.8 Å². The van der Waals surface area contributed by atoms with E-state index in [4.69, 9.17) is 23.0 Å². The molecule has 1 saturated heterocycles. The summed E-state index contributed by atoms with van der Waals surface area (Å²) in [4.78, 5) is 7.65. The van der Waals surface area contributed by atoms with Gasteiger partial charge in [-0.3, -0.25) is 0 Å². The Labute approximate surface area is 240 Å². The highest BCUT2D eigenvalue weighted by molar-refractivity contribution is 6.74. The van der Waals surface area contributed by atoms with Gasteiger partial charge >= 0.3 is 0 Å². The van der Waals surface area contributed by atoms with Crippen molar-refractivity contribution >= 4 is 22.5 Å². The van der Waals surface area contributed by atoms with Crippen LogP contribution >= 0.6 is 0 Å². The molecule has 0 radical (unpaired) electrons. The van der Waals surface area contributed by atoms with Gasteiger partial charge in [-0.1, -0.05) is 92.6 Å². The van der Waals surface area contributed by atoms with Crippen LogP contribution in [0.2, 0.25) is 36.3 Å². The SMILES string of the molecule is CC[Si](CC)(CC)OC(c1ccccc1)c1nc(C(O[Si](CC)(CC)CC)C(C)(C)C)oc1N1CCOCC1. The largest absolute Gasteiger partial charge is 0.422 e. The summed E-state index contributed by atoms with van der Waals surface area (Å²) < 4.78 is 26.9. The number of nitrogens with zero attached hydrogens (tertiary/aromatic N) is 2. The summed E-state index contributed by atoms with van der Waals surface area (Å²) in [6.45, 7) is 23.3. The molecule has 0 aliphatic carbocycles. The molecule has 1 aliphatic rings. The van der Waals surface area contributed by atoms with E-state index < -0.39 is 16.6 Å². The van der Waals surface area contributed by atoms with E-state index in [1.165, 1.54) is 0 Å². The minimum atomic E-state index is -1.98. The van der Waals surface area contributed by atoms with Gasteiger partial charge in [-0.25, -0.2) is 4.98 Å². The molecule has 2 atom stereocenters. The van der Waals surface area contributed by atoms with Crippen molar-refractivity contribution in [2.24, 2.45) is 5.41 Å². The number of benzene rings is 1. The second kappa shape index (κ2) is 13.9. The van der Waals surface area contributed by atoms with Crippen molar-refractivity contribution in [1.29, 1.82) is 0 Å². The molecule has 6 nitrogen and oxygen atoms in total. The van der Waals surface area contributed by atoms with Gasteiger partial charge in [0.05, 0.1) is 13.2 Å². The van der Waals surface area contributed by atoms with Gasteiger partial charge in [-0.15, -0.1) is 0 Å². The van der Waals surface area contributed by atoms with Crippen LogP contribution in [0.25, 0.3) is 0 Å². The van der Waals surface area contributed by atoms with Crippen LogP contribution in [-0.2, 0) is 13.6 Å². The fourth-order valence-corrected chi connectivity index (χ4v) is 11.3. The van der Waals surface area contributed by atoms with Gasteiger partial charge in [-0.05, 0) is 47.2 Å². The molecular formula is C31H54N2O4Si2. The van der Waals surface area contributed by atoms with E-state index in [0.717, 1.165) is 66.5 Å². The van der Waals surface area contributed by atoms with Crippen molar-refractivity contribution in [2.45, 2.75) is 111 Å². The summed E-state index contributed by atoms with van der Waals surface area (Å²) in [5.41, 5.74) is 1.85. The van der Waals surface area contributed by atoms with Gasteiger partial charge in [0.1, 0.15) is 17.9 Å². The molecule has 3 rings (SSSR count). The Morgan fingerprint density at radius 2 is 1.33 bits per heavy atom. The fourth-order valence-electron chi connectivity index (χ4n) is 5.62. The van der Waals surface area contributed by atoms with Crippen LogP contribution in [0.5, 0.6) is 0 Å². The molecule has 1 fully saturated rings. The molecule has 8 heteroatoms. The second-order valence-corrected chi connectivity index (χ2v) is 21.5. The van der Waals surface area contributed by atoms with Crippen LogP contribution in [-0.4, -0.2) is 47.9 Å². The average molecular weight is 575 g/mol. The van der Waals surface area contributed by atoms with Crippen LogP contribution in [0, 0.1) is 5.41 Å². The molecule has 0 amide bonds. The molecule has 2 aromatic rings. The number of anilines is 1. The second-order valence-electron chi connectivity index (χ2n) is 12.1. The highest BCUT2D eigenvalue weighted by atomic mass is 28.4. The number of oxazole rings is 1. The molecule has 0 N–H and O–H groups in total. The Bertz CT molecular complexity index is 977. The Morgan fingerprint density at radius 1 is 0.821 bits per heavy atom. The standard InChI is InChI=1S/C31H54N2O4Si2/c1-10-38(11-2,12-3)36-27(25-19-17-16-18-20-25)26-30(33-21-23-34-24-22-33)35-29(32-26)28(31(7,8)9)37-39(13-4,14-5)15-6/h16-20,27-28H,10-15,21-24H2,1-9H3. The molecule has 2 unspecified atom stereocenters. The van der Waals surface area contributed by atoms with Crippen LogP contribution in [0.4, 0.5) is 5.88 Å². The smallest absolute Gasteiger partial charge is 0.225 e. The van der Waals surface area contributed by atoms with Gasteiger partial charge in [0.15, 0.2) is 16.6 Å². The Kier molecular flexibility index (Phi) is 11.5. The maximum Gasteiger partial charge on any atom is 0.225 e. The molecule has 1 aromatic carbocycles. The highest BCUT2D eigenvalue weighted by Crippen LogP contribution is 2.45. The first-order valence-electron chi connectivity index (χ1n) is 15.3. The van der Waals surface area contributed by atoms with Crippen LogP contribution < -0.4 is 4.90 Å². The van der Waals surface area contributed by atoms with Crippen molar-refractivity contribution in [1.82, 2.24) is 4.98 Å². The topological polar surface area (TPSA) is 57.0 Å².